The topological polar surface area (TPSA) is 27.0 Å². The van der Waals surface area contributed by atoms with E-state index < -0.39 is 0 Å². The van der Waals surface area contributed by atoms with Crippen molar-refractivity contribution in [1.82, 2.24) is 4.90 Å². The van der Waals surface area contributed by atoms with Gasteiger partial charge in [-0.15, -0.1) is 0 Å². The zero-order valence-corrected chi connectivity index (χ0v) is 7.71. The number of nitriles is 1. The Morgan fingerprint density at radius 1 is 1.33 bits per heavy atom. The fourth-order valence-corrected chi connectivity index (χ4v) is 2.31. The van der Waals surface area contributed by atoms with E-state index in [1.165, 1.54) is 25.9 Å². The average Bonchev–Trinajstić information content (AvgIpc) is 2.86. The minimum Gasteiger partial charge on any atom is -0.306 e. The third-order valence-corrected chi connectivity index (χ3v) is 3.51. The quantitative estimate of drug-likeness (QED) is 0.589. The molecule has 0 amide bonds. The summed E-state index contributed by atoms with van der Waals surface area (Å²) in [6.45, 7) is 2.38. The van der Waals surface area contributed by atoms with Crippen LogP contribution in [0.5, 0.6) is 0 Å². The molecule has 0 aromatic rings. The first kappa shape index (κ1) is 8.07. The summed E-state index contributed by atoms with van der Waals surface area (Å²) in [5, 5.41) is 9.01. The minimum absolute atomic E-state index is 0.126. The normalized spacial score (nSPS) is 29.7. The second-order valence-electron chi connectivity index (χ2n) is 4.35. The number of piperidine rings is 1. The second kappa shape index (κ2) is 2.74. The number of likely N-dealkylation sites (tertiary alicyclic amines) is 1. The van der Waals surface area contributed by atoms with Crippen molar-refractivity contribution in [1.29, 1.82) is 5.26 Å². The minimum atomic E-state index is 0.126. The van der Waals surface area contributed by atoms with Crippen molar-refractivity contribution in [3.8, 4) is 6.07 Å². The van der Waals surface area contributed by atoms with Gasteiger partial charge in [0.2, 0.25) is 0 Å². The van der Waals surface area contributed by atoms with Crippen molar-refractivity contribution < 1.29 is 0 Å². The summed E-state index contributed by atoms with van der Waals surface area (Å²) in [6.07, 6.45) is 4.81. The monoisotopic (exact) mass is 164 g/mol. The summed E-state index contributed by atoms with van der Waals surface area (Å²) < 4.78 is 0. The molecule has 2 nitrogen and oxygen atoms in total. The van der Waals surface area contributed by atoms with E-state index in [1.807, 2.05) is 0 Å². The van der Waals surface area contributed by atoms with Crippen LogP contribution in [0.2, 0.25) is 0 Å². The Bertz CT molecular complexity index is 204. The van der Waals surface area contributed by atoms with Gasteiger partial charge in [0.15, 0.2) is 0 Å². The molecule has 66 valence electrons. The van der Waals surface area contributed by atoms with Crippen LogP contribution >= 0.6 is 0 Å². The summed E-state index contributed by atoms with van der Waals surface area (Å²) in [5.74, 6) is 0.707. The highest BCUT2D eigenvalue weighted by Crippen LogP contribution is 2.54. The average molecular weight is 164 g/mol. The molecule has 1 heterocycles. The van der Waals surface area contributed by atoms with E-state index in [9.17, 15) is 0 Å². The molecule has 0 aromatic heterocycles. The molecule has 0 unspecified atom stereocenters. The van der Waals surface area contributed by atoms with Crippen molar-refractivity contribution in [2.45, 2.75) is 25.7 Å². The maximum Gasteiger partial charge on any atom is 0.0692 e. The zero-order valence-electron chi connectivity index (χ0n) is 7.71. The Hall–Kier alpha value is -0.550. The molecule has 1 saturated carbocycles. The van der Waals surface area contributed by atoms with Gasteiger partial charge in [0.05, 0.1) is 11.5 Å². The summed E-state index contributed by atoms with van der Waals surface area (Å²) >= 11 is 0. The molecule has 2 fully saturated rings. The van der Waals surface area contributed by atoms with Crippen LogP contribution in [0, 0.1) is 22.7 Å². The fourth-order valence-electron chi connectivity index (χ4n) is 2.31. The SMILES string of the molecule is CN1CCC(C2(C#N)CC2)CC1. The second-order valence-corrected chi connectivity index (χ2v) is 4.35. The molecule has 1 aliphatic heterocycles. The van der Waals surface area contributed by atoms with E-state index in [2.05, 4.69) is 18.0 Å². The first-order valence-electron chi connectivity index (χ1n) is 4.87. The van der Waals surface area contributed by atoms with Crippen molar-refractivity contribution >= 4 is 0 Å². The van der Waals surface area contributed by atoms with Gasteiger partial charge in [-0.05, 0) is 51.7 Å². The van der Waals surface area contributed by atoms with E-state index in [1.54, 1.807) is 0 Å². The van der Waals surface area contributed by atoms with Gasteiger partial charge in [-0.25, -0.2) is 0 Å². The first-order chi connectivity index (χ1) is 5.77. The molecule has 0 aromatic carbocycles. The molecule has 0 radical (unpaired) electrons. The molecule has 0 N–H and O–H groups in total. The standard InChI is InChI=1S/C10H16N2/c1-12-6-2-9(3-7-12)10(8-11)4-5-10/h9H,2-7H2,1H3. The van der Waals surface area contributed by atoms with Crippen LogP contribution in [-0.2, 0) is 0 Å². The molecular formula is C10H16N2. The number of hydrogen-bond donors (Lipinski definition) is 0. The van der Waals surface area contributed by atoms with Gasteiger partial charge in [0.1, 0.15) is 0 Å². The number of nitrogens with zero attached hydrogens (tertiary/aromatic N) is 2. The van der Waals surface area contributed by atoms with Crippen molar-refractivity contribution in [3.63, 3.8) is 0 Å². The third kappa shape index (κ3) is 1.23. The smallest absolute Gasteiger partial charge is 0.0692 e. The molecular weight excluding hydrogens is 148 g/mol. The summed E-state index contributed by atoms with van der Waals surface area (Å²) in [4.78, 5) is 2.37. The van der Waals surface area contributed by atoms with Crippen molar-refractivity contribution in [2.75, 3.05) is 20.1 Å². The molecule has 2 heteroatoms. The highest BCUT2D eigenvalue weighted by molar-refractivity contribution is 5.13. The molecule has 2 rings (SSSR count). The van der Waals surface area contributed by atoms with E-state index in [0.717, 1.165) is 12.8 Å². The lowest BCUT2D eigenvalue weighted by molar-refractivity contribution is 0.182. The molecule has 0 atom stereocenters. The molecule has 0 spiro atoms. The predicted octanol–water partition coefficient (Wildman–Crippen LogP) is 1.63. The summed E-state index contributed by atoms with van der Waals surface area (Å²) in [5.41, 5.74) is 0.126. The van der Waals surface area contributed by atoms with Gasteiger partial charge in [-0.3, -0.25) is 0 Å². The Morgan fingerprint density at radius 2 is 1.92 bits per heavy atom. The largest absolute Gasteiger partial charge is 0.306 e. The number of hydrogen-bond acceptors (Lipinski definition) is 2. The third-order valence-electron chi connectivity index (χ3n) is 3.51. The van der Waals surface area contributed by atoms with E-state index >= 15 is 0 Å². The van der Waals surface area contributed by atoms with E-state index in [4.69, 9.17) is 5.26 Å². The Morgan fingerprint density at radius 3 is 2.33 bits per heavy atom. The zero-order chi connectivity index (χ0) is 8.60. The van der Waals surface area contributed by atoms with Crippen LogP contribution in [0.15, 0.2) is 0 Å². The van der Waals surface area contributed by atoms with Gasteiger partial charge < -0.3 is 4.90 Å². The van der Waals surface area contributed by atoms with E-state index in [0.29, 0.717) is 5.92 Å². The molecule has 1 saturated heterocycles. The molecule has 0 bridgehead atoms. The number of rotatable bonds is 1. The Kier molecular flexibility index (Phi) is 1.84. The lowest BCUT2D eigenvalue weighted by Crippen LogP contribution is -2.33. The maximum absolute atomic E-state index is 9.01. The predicted molar refractivity (Wildman–Crippen MR) is 47.5 cm³/mol. The first-order valence-corrected chi connectivity index (χ1v) is 4.87. The highest BCUT2D eigenvalue weighted by atomic mass is 15.1. The van der Waals surface area contributed by atoms with E-state index in [-0.39, 0.29) is 5.41 Å². The molecule has 1 aliphatic carbocycles. The maximum atomic E-state index is 9.01. The van der Waals surface area contributed by atoms with Gasteiger partial charge >= 0.3 is 0 Å². The molecule has 12 heavy (non-hydrogen) atoms. The van der Waals surface area contributed by atoms with Crippen LogP contribution < -0.4 is 0 Å². The lowest BCUT2D eigenvalue weighted by atomic mass is 9.83. The van der Waals surface area contributed by atoms with Crippen LogP contribution in [0.3, 0.4) is 0 Å². The van der Waals surface area contributed by atoms with Crippen molar-refractivity contribution in [3.05, 3.63) is 0 Å². The van der Waals surface area contributed by atoms with Crippen LogP contribution in [0.4, 0.5) is 0 Å². The van der Waals surface area contributed by atoms with Crippen LogP contribution in [0.25, 0.3) is 0 Å². The molecule has 2 aliphatic rings. The van der Waals surface area contributed by atoms with Gasteiger partial charge in [0, 0.05) is 0 Å². The Balaban J connectivity index is 1.95. The highest BCUT2D eigenvalue weighted by Gasteiger charge is 2.49. The summed E-state index contributed by atoms with van der Waals surface area (Å²) in [7, 11) is 2.17. The summed E-state index contributed by atoms with van der Waals surface area (Å²) in [6, 6.07) is 2.52. The van der Waals surface area contributed by atoms with Crippen molar-refractivity contribution in [2.24, 2.45) is 11.3 Å². The van der Waals surface area contributed by atoms with Gasteiger partial charge in [-0.2, -0.15) is 5.26 Å². The lowest BCUT2D eigenvalue weighted by Gasteiger charge is -2.31. The Labute approximate surface area is 74.2 Å². The fraction of sp³-hybridized carbons (Fsp3) is 0.900. The van der Waals surface area contributed by atoms with Crippen LogP contribution in [-0.4, -0.2) is 25.0 Å². The van der Waals surface area contributed by atoms with Crippen LogP contribution in [0.1, 0.15) is 25.7 Å². The van der Waals surface area contributed by atoms with Gasteiger partial charge in [-0.1, -0.05) is 0 Å². The van der Waals surface area contributed by atoms with Gasteiger partial charge in [0.25, 0.3) is 0 Å².